The highest BCUT2D eigenvalue weighted by atomic mass is 16.5. The van der Waals surface area contributed by atoms with Crippen LogP contribution >= 0.6 is 0 Å². The lowest BCUT2D eigenvalue weighted by molar-refractivity contribution is 0.337. The van der Waals surface area contributed by atoms with Gasteiger partial charge in [-0.1, -0.05) is 110 Å². The van der Waals surface area contributed by atoms with Crippen LogP contribution in [-0.4, -0.2) is 7.11 Å². The molecular formula is C28H27O. The third-order valence-electron chi connectivity index (χ3n) is 6.11. The van der Waals surface area contributed by atoms with Gasteiger partial charge in [-0.25, -0.2) is 0 Å². The summed E-state index contributed by atoms with van der Waals surface area (Å²) in [5.74, 6) is 1.07. The fraction of sp³-hybridized carbons (Fsp3) is 0.179. The predicted molar refractivity (Wildman–Crippen MR) is 121 cm³/mol. The zero-order chi connectivity index (χ0) is 20.3. The molecule has 29 heavy (non-hydrogen) atoms. The van der Waals surface area contributed by atoms with Crippen LogP contribution in [0.4, 0.5) is 0 Å². The molecule has 3 aromatic rings. The quantitative estimate of drug-likeness (QED) is 0.358. The molecule has 0 saturated heterocycles. The van der Waals surface area contributed by atoms with Gasteiger partial charge >= 0.3 is 0 Å². The Bertz CT molecular complexity index is 961. The zero-order valence-corrected chi connectivity index (χ0v) is 17.1. The van der Waals surface area contributed by atoms with Gasteiger partial charge in [0.1, 0.15) is 5.75 Å². The van der Waals surface area contributed by atoms with E-state index in [1.807, 2.05) is 6.07 Å². The predicted octanol–water partition coefficient (Wildman–Crippen LogP) is 6.61. The maximum Gasteiger partial charge on any atom is 0.123 e. The molecule has 1 radical (unpaired) electrons. The fourth-order valence-corrected chi connectivity index (χ4v) is 4.74. The highest BCUT2D eigenvalue weighted by Gasteiger charge is 2.51. The average molecular weight is 380 g/mol. The Morgan fingerprint density at radius 3 is 1.76 bits per heavy atom. The monoisotopic (exact) mass is 379 g/mol. The number of allylic oxidation sites excluding steroid dienone is 4. The van der Waals surface area contributed by atoms with Crippen molar-refractivity contribution in [2.75, 3.05) is 7.11 Å². The maximum atomic E-state index is 5.89. The summed E-state index contributed by atoms with van der Waals surface area (Å²) in [4.78, 5) is 0. The fourth-order valence-electron chi connectivity index (χ4n) is 4.74. The molecule has 0 N–H and O–H groups in total. The second-order valence-electron chi connectivity index (χ2n) is 7.85. The van der Waals surface area contributed by atoms with Gasteiger partial charge in [0, 0.05) is 11.0 Å². The van der Waals surface area contributed by atoms with E-state index < -0.39 is 5.41 Å². The Morgan fingerprint density at radius 1 is 0.759 bits per heavy atom. The van der Waals surface area contributed by atoms with E-state index in [0.29, 0.717) is 0 Å². The molecule has 1 aliphatic carbocycles. The van der Waals surface area contributed by atoms with Crippen molar-refractivity contribution >= 4 is 0 Å². The van der Waals surface area contributed by atoms with Gasteiger partial charge in [-0.2, -0.15) is 0 Å². The number of methoxy groups -OCH3 is 1. The van der Waals surface area contributed by atoms with Gasteiger partial charge in [-0.05, 0) is 30.0 Å². The van der Waals surface area contributed by atoms with Crippen molar-refractivity contribution in [3.8, 4) is 5.75 Å². The van der Waals surface area contributed by atoms with E-state index in [1.165, 1.54) is 11.1 Å². The number of ether oxygens (including phenoxy) is 1. The van der Waals surface area contributed by atoms with E-state index in [2.05, 4.69) is 117 Å². The molecule has 0 saturated carbocycles. The summed E-state index contributed by atoms with van der Waals surface area (Å²) in [7, 11) is 1.75. The summed E-state index contributed by atoms with van der Waals surface area (Å²) in [6.07, 6.45) is 9.04. The topological polar surface area (TPSA) is 9.23 Å². The first-order chi connectivity index (χ1) is 14.1. The lowest BCUT2D eigenvalue weighted by atomic mass is 9.53. The largest absolute Gasteiger partial charge is 0.496 e. The molecule has 0 aliphatic heterocycles. The van der Waals surface area contributed by atoms with E-state index in [9.17, 15) is 0 Å². The Kier molecular flexibility index (Phi) is 5.15. The molecule has 0 unspecified atom stereocenters. The van der Waals surface area contributed by atoms with Crippen LogP contribution in [-0.2, 0) is 5.41 Å². The van der Waals surface area contributed by atoms with Crippen LogP contribution in [0, 0.1) is 18.3 Å². The summed E-state index contributed by atoms with van der Waals surface area (Å²) in [6.45, 7) is 6.50. The molecule has 0 aromatic heterocycles. The van der Waals surface area contributed by atoms with Crippen LogP contribution in [0.2, 0.25) is 0 Å². The Hall–Kier alpha value is -3.06. The van der Waals surface area contributed by atoms with E-state index in [1.54, 1.807) is 7.11 Å². The molecule has 0 bridgehead atoms. The summed E-state index contributed by atoms with van der Waals surface area (Å²) in [5, 5.41) is 0. The Labute approximate surface area is 174 Å². The number of hydrogen-bond acceptors (Lipinski definition) is 1. The van der Waals surface area contributed by atoms with E-state index in [4.69, 9.17) is 4.74 Å². The molecule has 0 heterocycles. The normalized spacial score (nSPS) is 21.1. The molecule has 0 fully saturated rings. The van der Waals surface area contributed by atoms with Gasteiger partial charge in [0.2, 0.25) is 0 Å². The van der Waals surface area contributed by atoms with Gasteiger partial charge in [0.15, 0.2) is 0 Å². The third kappa shape index (κ3) is 3.11. The molecular weight excluding hydrogens is 352 g/mol. The molecule has 1 heteroatoms. The van der Waals surface area contributed by atoms with Crippen LogP contribution in [0.1, 0.15) is 23.6 Å². The lowest BCUT2D eigenvalue weighted by Gasteiger charge is -2.49. The number of rotatable bonds is 5. The van der Waals surface area contributed by atoms with Crippen LogP contribution in [0.25, 0.3) is 0 Å². The van der Waals surface area contributed by atoms with Gasteiger partial charge in [-0.15, -0.1) is 0 Å². The highest BCUT2D eigenvalue weighted by Crippen LogP contribution is 2.56. The van der Waals surface area contributed by atoms with Crippen molar-refractivity contribution in [2.45, 2.75) is 12.3 Å². The SMILES string of the molecule is [CH2]C1C=CC(C)(C(c2ccccc2)(c2ccccc2)c2ccccc2OC)C=C1. The highest BCUT2D eigenvalue weighted by molar-refractivity contribution is 5.60. The lowest BCUT2D eigenvalue weighted by Crippen LogP contribution is -2.45. The van der Waals surface area contributed by atoms with Gasteiger partial charge in [-0.3, -0.25) is 0 Å². The second kappa shape index (κ2) is 7.75. The summed E-state index contributed by atoms with van der Waals surface area (Å²) < 4.78 is 5.89. The maximum absolute atomic E-state index is 5.89. The van der Waals surface area contributed by atoms with E-state index in [0.717, 1.165) is 11.3 Å². The smallest absolute Gasteiger partial charge is 0.123 e. The summed E-state index contributed by atoms with van der Waals surface area (Å²) >= 11 is 0. The molecule has 0 amide bonds. The molecule has 4 rings (SSSR count). The minimum atomic E-state index is -0.463. The van der Waals surface area contributed by atoms with Crippen molar-refractivity contribution in [2.24, 2.45) is 11.3 Å². The van der Waals surface area contributed by atoms with Crippen molar-refractivity contribution in [1.82, 2.24) is 0 Å². The summed E-state index contributed by atoms with van der Waals surface area (Å²) in [5.41, 5.74) is 2.84. The first-order valence-corrected chi connectivity index (χ1v) is 10.1. The van der Waals surface area contributed by atoms with Gasteiger partial charge in [0.25, 0.3) is 0 Å². The molecule has 145 valence electrons. The first kappa shape index (κ1) is 19.3. The molecule has 3 aromatic carbocycles. The first-order valence-electron chi connectivity index (χ1n) is 10.1. The second-order valence-corrected chi connectivity index (χ2v) is 7.85. The number of para-hydroxylation sites is 1. The van der Waals surface area contributed by atoms with Crippen molar-refractivity contribution in [1.29, 1.82) is 0 Å². The standard InChI is InChI=1S/C28H27O/c1-22-18-20-27(2,21-19-22)28(23-12-6-4-7-13-23,24-14-8-5-9-15-24)25-16-10-11-17-26(25)29-3/h4-22H,1H2,2-3H3. The zero-order valence-electron chi connectivity index (χ0n) is 17.1. The van der Waals surface area contributed by atoms with Gasteiger partial charge < -0.3 is 4.74 Å². The van der Waals surface area contributed by atoms with Crippen LogP contribution in [0.5, 0.6) is 5.75 Å². The van der Waals surface area contributed by atoms with E-state index in [-0.39, 0.29) is 11.3 Å². The van der Waals surface area contributed by atoms with Crippen molar-refractivity contribution < 1.29 is 4.74 Å². The Morgan fingerprint density at radius 2 is 1.24 bits per heavy atom. The minimum absolute atomic E-state index is 0.185. The number of hydrogen-bond donors (Lipinski definition) is 0. The van der Waals surface area contributed by atoms with Crippen LogP contribution in [0.15, 0.2) is 109 Å². The van der Waals surface area contributed by atoms with Crippen molar-refractivity contribution in [3.05, 3.63) is 133 Å². The summed E-state index contributed by atoms with van der Waals surface area (Å²) in [6, 6.07) is 29.9. The molecule has 1 nitrogen and oxygen atoms in total. The van der Waals surface area contributed by atoms with E-state index >= 15 is 0 Å². The van der Waals surface area contributed by atoms with Crippen LogP contribution < -0.4 is 4.74 Å². The Balaban J connectivity index is 2.16. The molecule has 0 atom stereocenters. The number of benzene rings is 3. The minimum Gasteiger partial charge on any atom is -0.496 e. The molecule has 1 aliphatic rings. The third-order valence-corrected chi connectivity index (χ3v) is 6.11. The van der Waals surface area contributed by atoms with Gasteiger partial charge in [0.05, 0.1) is 12.5 Å². The van der Waals surface area contributed by atoms with Crippen LogP contribution in [0.3, 0.4) is 0 Å². The van der Waals surface area contributed by atoms with Crippen molar-refractivity contribution in [3.63, 3.8) is 0 Å². The average Bonchev–Trinajstić information content (AvgIpc) is 2.78. The molecule has 0 spiro atoms.